The van der Waals surface area contributed by atoms with E-state index in [1.54, 1.807) is 25.3 Å². The second-order valence-corrected chi connectivity index (χ2v) is 6.55. The molecule has 0 atom stereocenters. The summed E-state index contributed by atoms with van der Waals surface area (Å²) in [6.07, 6.45) is 1.55. The van der Waals surface area contributed by atoms with Gasteiger partial charge in [0.15, 0.2) is 0 Å². The van der Waals surface area contributed by atoms with Crippen molar-refractivity contribution in [1.82, 2.24) is 4.98 Å². The average molecular weight is 360 g/mol. The van der Waals surface area contributed by atoms with Crippen molar-refractivity contribution in [2.24, 2.45) is 0 Å². The molecule has 0 amide bonds. The molecule has 106 valence electrons. The molecular formula is C12H11BrFN3O2S. The van der Waals surface area contributed by atoms with Gasteiger partial charge in [-0.2, -0.15) is 0 Å². The van der Waals surface area contributed by atoms with Crippen molar-refractivity contribution in [2.75, 3.05) is 10.5 Å². The zero-order chi connectivity index (χ0) is 14.9. The van der Waals surface area contributed by atoms with Crippen LogP contribution in [0.2, 0.25) is 0 Å². The first-order valence-electron chi connectivity index (χ1n) is 5.50. The lowest BCUT2D eigenvalue weighted by Crippen LogP contribution is -2.16. The highest BCUT2D eigenvalue weighted by Crippen LogP contribution is 2.28. The van der Waals surface area contributed by atoms with E-state index in [-0.39, 0.29) is 15.1 Å². The van der Waals surface area contributed by atoms with Crippen LogP contribution in [0, 0.1) is 12.7 Å². The predicted molar refractivity (Wildman–Crippen MR) is 78.3 cm³/mol. The van der Waals surface area contributed by atoms with Gasteiger partial charge in [0, 0.05) is 6.20 Å². The van der Waals surface area contributed by atoms with Crippen LogP contribution in [0.1, 0.15) is 5.69 Å². The Bertz CT molecular complexity index is 765. The van der Waals surface area contributed by atoms with E-state index in [0.717, 1.165) is 12.1 Å². The molecule has 0 spiro atoms. The number of hydrogen-bond acceptors (Lipinski definition) is 4. The Labute approximate surface area is 124 Å². The zero-order valence-electron chi connectivity index (χ0n) is 10.4. The number of halogens is 2. The topological polar surface area (TPSA) is 85.1 Å². The lowest BCUT2D eigenvalue weighted by atomic mass is 10.3. The molecule has 2 aromatic rings. The van der Waals surface area contributed by atoms with Crippen molar-refractivity contribution < 1.29 is 12.8 Å². The number of nitrogens with zero attached hydrogens (tertiary/aromatic N) is 1. The molecule has 0 saturated heterocycles. The van der Waals surface area contributed by atoms with E-state index in [4.69, 9.17) is 5.73 Å². The van der Waals surface area contributed by atoms with Gasteiger partial charge in [-0.15, -0.1) is 0 Å². The van der Waals surface area contributed by atoms with Gasteiger partial charge in [0.2, 0.25) is 0 Å². The fraction of sp³-hybridized carbons (Fsp3) is 0.0833. The van der Waals surface area contributed by atoms with Crippen LogP contribution in [-0.4, -0.2) is 13.4 Å². The minimum absolute atomic E-state index is 0.0231. The SMILES string of the molecule is Cc1ncccc1NS(=O)(=O)c1cc(Br)c(F)cc1N. The molecule has 1 aromatic carbocycles. The summed E-state index contributed by atoms with van der Waals surface area (Å²) in [5, 5.41) is 0. The van der Waals surface area contributed by atoms with Crippen molar-refractivity contribution >= 4 is 37.3 Å². The first-order valence-corrected chi connectivity index (χ1v) is 7.78. The lowest BCUT2D eigenvalue weighted by molar-refractivity contribution is 0.599. The molecule has 0 aliphatic rings. The summed E-state index contributed by atoms with van der Waals surface area (Å²) in [6, 6.07) is 5.26. The van der Waals surface area contributed by atoms with Gasteiger partial charge in [-0.3, -0.25) is 9.71 Å². The highest BCUT2D eigenvalue weighted by molar-refractivity contribution is 9.10. The van der Waals surface area contributed by atoms with Gasteiger partial charge < -0.3 is 5.73 Å². The number of hydrogen-bond donors (Lipinski definition) is 2. The van der Waals surface area contributed by atoms with Crippen molar-refractivity contribution in [3.05, 3.63) is 46.4 Å². The average Bonchev–Trinajstić information content (AvgIpc) is 2.36. The highest BCUT2D eigenvalue weighted by Gasteiger charge is 2.20. The van der Waals surface area contributed by atoms with E-state index in [9.17, 15) is 12.8 Å². The number of anilines is 2. The van der Waals surface area contributed by atoms with Gasteiger partial charge in [-0.25, -0.2) is 12.8 Å². The standard InChI is InChI=1S/C12H11BrFN3O2S/c1-7-11(3-2-4-16-7)17-20(18,19)12-5-8(13)9(14)6-10(12)15/h2-6,17H,15H2,1H3. The van der Waals surface area contributed by atoms with Crippen LogP contribution < -0.4 is 10.5 Å². The molecule has 1 aromatic heterocycles. The van der Waals surface area contributed by atoms with Crippen molar-refractivity contribution in [1.29, 1.82) is 0 Å². The second-order valence-electron chi connectivity index (χ2n) is 4.05. The third-order valence-corrected chi connectivity index (χ3v) is 4.62. The van der Waals surface area contributed by atoms with Gasteiger partial charge in [0.1, 0.15) is 10.7 Å². The summed E-state index contributed by atoms with van der Waals surface area (Å²) >= 11 is 2.94. The van der Waals surface area contributed by atoms with Gasteiger partial charge in [0.05, 0.1) is 21.5 Å². The van der Waals surface area contributed by atoms with Crippen LogP contribution in [0.4, 0.5) is 15.8 Å². The number of pyridine rings is 1. The number of benzene rings is 1. The maximum Gasteiger partial charge on any atom is 0.264 e. The Morgan fingerprint density at radius 2 is 2.10 bits per heavy atom. The zero-order valence-corrected chi connectivity index (χ0v) is 12.8. The molecule has 20 heavy (non-hydrogen) atoms. The minimum Gasteiger partial charge on any atom is -0.398 e. The normalized spacial score (nSPS) is 11.3. The Balaban J connectivity index is 2.47. The number of sulfonamides is 1. The number of aromatic nitrogens is 1. The largest absolute Gasteiger partial charge is 0.398 e. The monoisotopic (exact) mass is 359 g/mol. The number of aryl methyl sites for hydroxylation is 1. The first-order chi connectivity index (χ1) is 9.31. The van der Waals surface area contributed by atoms with Crippen LogP contribution in [0.15, 0.2) is 39.8 Å². The Hall–Kier alpha value is -1.67. The summed E-state index contributed by atoms with van der Waals surface area (Å²) in [6.45, 7) is 1.67. The Kier molecular flexibility index (Phi) is 3.96. The Morgan fingerprint density at radius 3 is 2.75 bits per heavy atom. The molecular weight excluding hydrogens is 349 g/mol. The third kappa shape index (κ3) is 2.91. The van der Waals surface area contributed by atoms with Crippen molar-refractivity contribution in [3.8, 4) is 0 Å². The number of nitrogens with one attached hydrogen (secondary N) is 1. The van der Waals surface area contributed by atoms with E-state index in [0.29, 0.717) is 11.4 Å². The molecule has 8 heteroatoms. The molecule has 3 N–H and O–H groups in total. The van der Waals surface area contributed by atoms with E-state index >= 15 is 0 Å². The smallest absolute Gasteiger partial charge is 0.264 e. The van der Waals surface area contributed by atoms with E-state index in [1.165, 1.54) is 0 Å². The van der Waals surface area contributed by atoms with Crippen molar-refractivity contribution in [3.63, 3.8) is 0 Å². The molecule has 0 radical (unpaired) electrons. The summed E-state index contributed by atoms with van der Waals surface area (Å²) in [5.41, 5.74) is 6.27. The second kappa shape index (κ2) is 5.37. The minimum atomic E-state index is -3.92. The molecule has 0 bridgehead atoms. The number of rotatable bonds is 3. The molecule has 5 nitrogen and oxygen atoms in total. The van der Waals surface area contributed by atoms with Gasteiger partial charge >= 0.3 is 0 Å². The molecule has 2 rings (SSSR count). The summed E-state index contributed by atoms with van der Waals surface area (Å²) in [4.78, 5) is 3.78. The van der Waals surface area contributed by atoms with Crippen LogP contribution in [-0.2, 0) is 10.0 Å². The van der Waals surface area contributed by atoms with Crippen LogP contribution in [0.25, 0.3) is 0 Å². The molecule has 1 heterocycles. The predicted octanol–water partition coefficient (Wildman–Crippen LogP) is 2.67. The van der Waals surface area contributed by atoms with Gasteiger partial charge in [-0.05, 0) is 47.1 Å². The lowest BCUT2D eigenvalue weighted by Gasteiger charge is -2.12. The fourth-order valence-electron chi connectivity index (χ4n) is 1.57. The summed E-state index contributed by atoms with van der Waals surface area (Å²) in [5.74, 6) is -0.626. The van der Waals surface area contributed by atoms with E-state index < -0.39 is 15.8 Å². The first kappa shape index (κ1) is 14.7. The molecule has 0 aliphatic heterocycles. The van der Waals surface area contributed by atoms with Crippen LogP contribution >= 0.6 is 15.9 Å². The van der Waals surface area contributed by atoms with Gasteiger partial charge in [0.25, 0.3) is 10.0 Å². The van der Waals surface area contributed by atoms with Crippen LogP contribution in [0.5, 0.6) is 0 Å². The molecule has 0 aliphatic carbocycles. The van der Waals surface area contributed by atoms with E-state index in [2.05, 4.69) is 25.6 Å². The highest BCUT2D eigenvalue weighted by atomic mass is 79.9. The summed E-state index contributed by atoms with van der Waals surface area (Å²) in [7, 11) is -3.92. The molecule has 0 fully saturated rings. The van der Waals surface area contributed by atoms with Crippen LogP contribution in [0.3, 0.4) is 0 Å². The summed E-state index contributed by atoms with van der Waals surface area (Å²) < 4.78 is 40.2. The van der Waals surface area contributed by atoms with E-state index in [1.807, 2.05) is 0 Å². The maximum atomic E-state index is 13.3. The Morgan fingerprint density at radius 1 is 1.40 bits per heavy atom. The third-order valence-electron chi connectivity index (χ3n) is 2.59. The quantitative estimate of drug-likeness (QED) is 0.825. The number of nitrogens with two attached hydrogens (primary N) is 1. The molecule has 0 saturated carbocycles. The number of nitrogen functional groups attached to an aromatic ring is 1. The maximum absolute atomic E-state index is 13.3. The fourth-order valence-corrected chi connectivity index (χ4v) is 3.32. The van der Waals surface area contributed by atoms with Crippen molar-refractivity contribution in [2.45, 2.75) is 11.8 Å². The van der Waals surface area contributed by atoms with Gasteiger partial charge in [-0.1, -0.05) is 0 Å². The molecule has 0 unspecified atom stereocenters.